The molecule has 1 aromatic heterocycles. The summed E-state index contributed by atoms with van der Waals surface area (Å²) in [4.78, 5) is 13.0. The minimum absolute atomic E-state index is 0.233. The van der Waals surface area contributed by atoms with Crippen LogP contribution in [0.25, 0.3) is 0 Å². The van der Waals surface area contributed by atoms with Gasteiger partial charge in [0.2, 0.25) is 0 Å². The molecular weight excluding hydrogens is 342 g/mol. The van der Waals surface area contributed by atoms with Crippen LogP contribution in [0.5, 0.6) is 6.01 Å². The van der Waals surface area contributed by atoms with E-state index in [9.17, 15) is 0 Å². The number of β-amino-alcohol motifs (C(OH)–C–C–N with tert-alkyl or cyclic N) is 1. The third kappa shape index (κ3) is 6.00. The number of hydrogen-bond acceptors (Lipinski definition) is 7. The molecule has 142 valence electrons. The number of piperazine rings is 1. The van der Waals surface area contributed by atoms with Gasteiger partial charge in [-0.3, -0.25) is 9.80 Å². The van der Waals surface area contributed by atoms with Gasteiger partial charge in [0.1, 0.15) is 6.61 Å². The molecule has 2 aromatic rings. The van der Waals surface area contributed by atoms with Gasteiger partial charge in [0.25, 0.3) is 0 Å². The SMILES string of the molecule is N#CCc1ccnc(OCc2ccc(CN3CCN(CCO)CC3)cc2)n1. The summed E-state index contributed by atoms with van der Waals surface area (Å²) in [7, 11) is 0. The molecule has 2 heterocycles. The smallest absolute Gasteiger partial charge is 0.316 e. The van der Waals surface area contributed by atoms with Crippen LogP contribution >= 0.6 is 0 Å². The van der Waals surface area contributed by atoms with Crippen molar-refractivity contribution in [2.24, 2.45) is 0 Å². The van der Waals surface area contributed by atoms with Crippen molar-refractivity contribution in [2.45, 2.75) is 19.6 Å². The van der Waals surface area contributed by atoms with E-state index in [-0.39, 0.29) is 13.0 Å². The fraction of sp³-hybridized carbons (Fsp3) is 0.450. The first-order valence-electron chi connectivity index (χ1n) is 9.22. The van der Waals surface area contributed by atoms with E-state index < -0.39 is 0 Å². The predicted molar refractivity (Wildman–Crippen MR) is 101 cm³/mol. The second-order valence-corrected chi connectivity index (χ2v) is 6.61. The predicted octanol–water partition coefficient (Wildman–Crippen LogP) is 1.23. The Labute approximate surface area is 159 Å². The summed E-state index contributed by atoms with van der Waals surface area (Å²) < 4.78 is 5.64. The van der Waals surface area contributed by atoms with Crippen molar-refractivity contribution in [3.8, 4) is 12.1 Å². The summed E-state index contributed by atoms with van der Waals surface area (Å²) in [6.07, 6.45) is 1.86. The zero-order valence-electron chi connectivity index (χ0n) is 15.4. The molecule has 0 unspecified atom stereocenters. The van der Waals surface area contributed by atoms with Gasteiger partial charge in [-0.25, -0.2) is 4.98 Å². The van der Waals surface area contributed by atoms with Crippen LogP contribution in [0.4, 0.5) is 0 Å². The Kier molecular flexibility index (Phi) is 7.11. The summed E-state index contributed by atoms with van der Waals surface area (Å²) in [5, 5.41) is 17.7. The molecule has 1 fully saturated rings. The lowest BCUT2D eigenvalue weighted by Crippen LogP contribution is -2.46. The summed E-state index contributed by atoms with van der Waals surface area (Å²) >= 11 is 0. The Morgan fingerprint density at radius 3 is 2.44 bits per heavy atom. The number of ether oxygens (including phenoxy) is 1. The monoisotopic (exact) mass is 367 g/mol. The lowest BCUT2D eigenvalue weighted by atomic mass is 10.1. The first-order valence-corrected chi connectivity index (χ1v) is 9.22. The van der Waals surface area contributed by atoms with Crippen LogP contribution in [0.15, 0.2) is 36.5 Å². The Bertz CT molecular complexity index is 752. The highest BCUT2D eigenvalue weighted by Crippen LogP contribution is 2.12. The summed E-state index contributed by atoms with van der Waals surface area (Å²) in [5.41, 5.74) is 3.00. The summed E-state index contributed by atoms with van der Waals surface area (Å²) in [6, 6.07) is 12.5. The van der Waals surface area contributed by atoms with Crippen LogP contribution in [0.1, 0.15) is 16.8 Å². The molecule has 0 radical (unpaired) electrons. The zero-order valence-corrected chi connectivity index (χ0v) is 15.4. The topological polar surface area (TPSA) is 85.5 Å². The van der Waals surface area contributed by atoms with E-state index in [0.717, 1.165) is 44.8 Å². The Morgan fingerprint density at radius 1 is 1.04 bits per heavy atom. The van der Waals surface area contributed by atoms with Crippen LogP contribution in [-0.2, 0) is 19.6 Å². The van der Waals surface area contributed by atoms with Gasteiger partial charge in [-0.15, -0.1) is 0 Å². The second kappa shape index (κ2) is 9.97. The molecule has 0 saturated carbocycles. The molecule has 0 bridgehead atoms. The Morgan fingerprint density at radius 2 is 1.74 bits per heavy atom. The van der Waals surface area contributed by atoms with Gasteiger partial charge in [0, 0.05) is 45.5 Å². The van der Waals surface area contributed by atoms with E-state index in [1.54, 1.807) is 12.3 Å². The molecular formula is C20H25N5O2. The van der Waals surface area contributed by atoms with Gasteiger partial charge >= 0.3 is 6.01 Å². The van der Waals surface area contributed by atoms with Crippen LogP contribution in [0.3, 0.4) is 0 Å². The highest BCUT2D eigenvalue weighted by molar-refractivity contribution is 5.22. The second-order valence-electron chi connectivity index (χ2n) is 6.61. The standard InChI is InChI=1S/C20H25N5O2/c21-7-5-19-6-8-22-20(23-19)27-16-18-3-1-17(2-4-18)15-25-11-9-24(10-12-25)13-14-26/h1-4,6,8,26H,5,9-16H2. The van der Waals surface area contributed by atoms with Gasteiger partial charge in [0.05, 0.1) is 24.8 Å². The normalized spacial score (nSPS) is 15.4. The fourth-order valence-electron chi connectivity index (χ4n) is 3.08. The molecule has 1 aromatic carbocycles. The van der Waals surface area contributed by atoms with E-state index in [2.05, 4.69) is 50.1 Å². The molecule has 7 heteroatoms. The molecule has 0 atom stereocenters. The van der Waals surface area contributed by atoms with Gasteiger partial charge in [-0.2, -0.15) is 10.2 Å². The van der Waals surface area contributed by atoms with Crippen molar-refractivity contribution in [1.82, 2.24) is 19.8 Å². The van der Waals surface area contributed by atoms with Crippen molar-refractivity contribution in [2.75, 3.05) is 39.3 Å². The van der Waals surface area contributed by atoms with Crippen LogP contribution in [0.2, 0.25) is 0 Å². The first-order chi connectivity index (χ1) is 13.3. The largest absolute Gasteiger partial charge is 0.459 e. The highest BCUT2D eigenvalue weighted by Gasteiger charge is 2.16. The van der Waals surface area contributed by atoms with Crippen LogP contribution in [-0.4, -0.2) is 64.2 Å². The fourth-order valence-corrected chi connectivity index (χ4v) is 3.08. The highest BCUT2D eigenvalue weighted by atomic mass is 16.5. The van der Waals surface area contributed by atoms with Crippen molar-refractivity contribution in [1.29, 1.82) is 5.26 Å². The van der Waals surface area contributed by atoms with E-state index in [1.807, 2.05) is 0 Å². The first kappa shape index (κ1) is 19.2. The minimum Gasteiger partial charge on any atom is -0.459 e. The zero-order chi connectivity index (χ0) is 18.9. The minimum atomic E-state index is 0.233. The molecule has 7 nitrogen and oxygen atoms in total. The number of rotatable bonds is 8. The number of aliphatic hydroxyl groups excluding tert-OH is 1. The summed E-state index contributed by atoms with van der Waals surface area (Å²) in [6.45, 7) is 6.42. The van der Waals surface area contributed by atoms with Crippen molar-refractivity contribution >= 4 is 0 Å². The van der Waals surface area contributed by atoms with Crippen molar-refractivity contribution in [3.63, 3.8) is 0 Å². The molecule has 0 aliphatic carbocycles. The van der Waals surface area contributed by atoms with E-state index in [1.165, 1.54) is 5.56 Å². The van der Waals surface area contributed by atoms with Gasteiger partial charge in [-0.05, 0) is 17.2 Å². The maximum atomic E-state index is 9.01. The average Bonchev–Trinajstić information content (AvgIpc) is 2.70. The van der Waals surface area contributed by atoms with Gasteiger partial charge in [-0.1, -0.05) is 24.3 Å². The van der Waals surface area contributed by atoms with Crippen molar-refractivity contribution in [3.05, 3.63) is 53.3 Å². The molecule has 0 spiro atoms. The van der Waals surface area contributed by atoms with Crippen LogP contribution in [0, 0.1) is 11.3 Å². The maximum absolute atomic E-state index is 9.01. The number of benzene rings is 1. The molecule has 27 heavy (non-hydrogen) atoms. The van der Waals surface area contributed by atoms with E-state index in [0.29, 0.717) is 18.3 Å². The van der Waals surface area contributed by atoms with Gasteiger partial charge in [0.15, 0.2) is 0 Å². The van der Waals surface area contributed by atoms with Crippen molar-refractivity contribution < 1.29 is 9.84 Å². The molecule has 1 N–H and O–H groups in total. The molecule has 1 aliphatic rings. The lowest BCUT2D eigenvalue weighted by Gasteiger charge is -2.34. The van der Waals surface area contributed by atoms with Crippen LogP contribution < -0.4 is 4.74 Å². The Hall–Kier alpha value is -2.53. The molecule has 0 amide bonds. The Balaban J connectivity index is 1.46. The van der Waals surface area contributed by atoms with E-state index >= 15 is 0 Å². The molecule has 1 saturated heterocycles. The number of nitriles is 1. The van der Waals surface area contributed by atoms with Gasteiger partial charge < -0.3 is 9.84 Å². The number of aliphatic hydroxyl groups is 1. The number of nitrogens with zero attached hydrogens (tertiary/aromatic N) is 5. The van der Waals surface area contributed by atoms with E-state index in [4.69, 9.17) is 15.1 Å². The number of hydrogen-bond donors (Lipinski definition) is 1. The molecule has 1 aliphatic heterocycles. The lowest BCUT2D eigenvalue weighted by molar-refractivity contribution is 0.108. The average molecular weight is 367 g/mol. The third-order valence-electron chi connectivity index (χ3n) is 4.63. The quantitative estimate of drug-likeness (QED) is 0.751. The third-order valence-corrected chi connectivity index (χ3v) is 4.63. The number of aromatic nitrogens is 2. The maximum Gasteiger partial charge on any atom is 0.316 e. The summed E-state index contributed by atoms with van der Waals surface area (Å²) in [5.74, 6) is 0. The molecule has 3 rings (SSSR count).